The van der Waals surface area contributed by atoms with Crippen LogP contribution in [0.2, 0.25) is 0 Å². The number of anilines is 3. The van der Waals surface area contributed by atoms with Gasteiger partial charge in [-0.2, -0.15) is 0 Å². The maximum absolute atomic E-state index is 7.08. The molecule has 0 spiro atoms. The van der Waals surface area contributed by atoms with Crippen molar-refractivity contribution in [3.63, 3.8) is 0 Å². The monoisotopic (exact) mass is 707 g/mol. The molecule has 1 aliphatic heterocycles. The number of ether oxygens (including phenoxy) is 1. The lowest BCUT2D eigenvalue weighted by Crippen LogP contribution is -2.11. The second kappa shape index (κ2) is 11.3. The SMILES string of the molecule is c1ccc(N2c3ccc(-c4cccc5ccccc45)cc3-c3ccccc3Oc3cc2c2c(c3)oc3c4sc5ccccc5c4c4ccccc4c32)cc1. The van der Waals surface area contributed by atoms with E-state index in [0.29, 0.717) is 0 Å². The smallest absolute Gasteiger partial charge is 0.153 e. The summed E-state index contributed by atoms with van der Waals surface area (Å²) in [6.07, 6.45) is 0. The van der Waals surface area contributed by atoms with Crippen LogP contribution in [0, 0.1) is 0 Å². The molecule has 54 heavy (non-hydrogen) atoms. The molecular weight excluding hydrogens is 679 g/mol. The summed E-state index contributed by atoms with van der Waals surface area (Å²) in [5.74, 6) is 1.52. The normalized spacial score (nSPS) is 12.6. The van der Waals surface area contributed by atoms with Crippen molar-refractivity contribution in [3.05, 3.63) is 176 Å². The van der Waals surface area contributed by atoms with Crippen molar-refractivity contribution in [2.45, 2.75) is 0 Å². The third-order valence-electron chi connectivity index (χ3n) is 11.0. The Morgan fingerprint density at radius 1 is 0.463 bits per heavy atom. The quantitative estimate of drug-likeness (QED) is 0.179. The van der Waals surface area contributed by atoms with Gasteiger partial charge in [0.05, 0.1) is 21.5 Å². The van der Waals surface area contributed by atoms with Gasteiger partial charge in [0, 0.05) is 49.8 Å². The average Bonchev–Trinajstić information content (AvgIpc) is 3.82. The Bertz CT molecular complexity index is 3320. The molecule has 0 fully saturated rings. The van der Waals surface area contributed by atoms with Gasteiger partial charge in [0.2, 0.25) is 0 Å². The first-order valence-corrected chi connectivity index (χ1v) is 19.1. The van der Waals surface area contributed by atoms with Crippen molar-refractivity contribution in [1.82, 2.24) is 0 Å². The largest absolute Gasteiger partial charge is 0.456 e. The minimum Gasteiger partial charge on any atom is -0.456 e. The molecule has 3 nitrogen and oxygen atoms in total. The third-order valence-corrected chi connectivity index (χ3v) is 12.2. The molecule has 4 heteroatoms. The Hall–Kier alpha value is -6.88. The summed E-state index contributed by atoms with van der Waals surface area (Å²) in [5.41, 5.74) is 9.28. The van der Waals surface area contributed by atoms with E-state index >= 15 is 0 Å². The number of thiophene rings is 1. The molecule has 3 heterocycles. The molecule has 2 aromatic heterocycles. The van der Waals surface area contributed by atoms with Crippen LogP contribution in [0.25, 0.3) is 85.9 Å². The first-order chi connectivity index (χ1) is 26.8. The number of rotatable bonds is 2. The van der Waals surface area contributed by atoms with Crippen LogP contribution in [0.3, 0.4) is 0 Å². The zero-order chi connectivity index (χ0) is 35.3. The number of nitrogens with zero attached hydrogens (tertiary/aromatic N) is 1. The molecule has 0 amide bonds. The van der Waals surface area contributed by atoms with E-state index in [0.717, 1.165) is 67.2 Å². The van der Waals surface area contributed by atoms with Gasteiger partial charge in [-0.15, -0.1) is 11.3 Å². The van der Waals surface area contributed by atoms with Crippen LogP contribution in [-0.2, 0) is 0 Å². The minimum atomic E-state index is 0.726. The first-order valence-electron chi connectivity index (χ1n) is 18.3. The Morgan fingerprint density at radius 3 is 2.06 bits per heavy atom. The topological polar surface area (TPSA) is 25.6 Å². The summed E-state index contributed by atoms with van der Waals surface area (Å²) < 4.78 is 16.4. The van der Waals surface area contributed by atoms with E-state index < -0.39 is 0 Å². The van der Waals surface area contributed by atoms with E-state index in [1.165, 1.54) is 47.3 Å². The third kappa shape index (κ3) is 4.23. The van der Waals surface area contributed by atoms with Crippen molar-refractivity contribution in [2.75, 3.05) is 4.90 Å². The molecule has 0 unspecified atom stereocenters. The molecule has 0 saturated heterocycles. The number of fused-ring (bicyclic) bond motifs is 17. The number of hydrogen-bond donors (Lipinski definition) is 0. The fourth-order valence-electron chi connectivity index (χ4n) is 8.71. The Morgan fingerprint density at radius 2 is 1.17 bits per heavy atom. The first kappa shape index (κ1) is 29.7. The van der Waals surface area contributed by atoms with Gasteiger partial charge in [-0.25, -0.2) is 0 Å². The highest BCUT2D eigenvalue weighted by atomic mass is 32.1. The summed E-state index contributed by atoms with van der Waals surface area (Å²) in [4.78, 5) is 2.40. The molecule has 1 aliphatic rings. The lowest BCUT2D eigenvalue weighted by molar-refractivity contribution is 0.484. The fourth-order valence-corrected chi connectivity index (χ4v) is 9.91. The summed E-state index contributed by atoms with van der Waals surface area (Å²) in [6, 6.07) is 62.9. The van der Waals surface area contributed by atoms with Gasteiger partial charge in [-0.1, -0.05) is 127 Å². The van der Waals surface area contributed by atoms with Crippen molar-refractivity contribution < 1.29 is 9.15 Å². The molecule has 0 radical (unpaired) electrons. The van der Waals surface area contributed by atoms with Crippen molar-refractivity contribution in [1.29, 1.82) is 0 Å². The van der Waals surface area contributed by atoms with Gasteiger partial charge in [-0.3, -0.25) is 0 Å². The van der Waals surface area contributed by atoms with Crippen LogP contribution in [0.1, 0.15) is 0 Å². The predicted molar refractivity (Wildman–Crippen MR) is 227 cm³/mol. The molecule has 252 valence electrons. The lowest BCUT2D eigenvalue weighted by atomic mass is 9.93. The zero-order valence-corrected chi connectivity index (χ0v) is 29.7. The highest BCUT2D eigenvalue weighted by Gasteiger charge is 2.28. The van der Waals surface area contributed by atoms with Gasteiger partial charge >= 0.3 is 0 Å². The summed E-state index contributed by atoms with van der Waals surface area (Å²) in [7, 11) is 0. The number of para-hydroxylation sites is 2. The fraction of sp³-hybridized carbons (Fsp3) is 0. The number of hydrogen-bond acceptors (Lipinski definition) is 4. The Kier molecular flexibility index (Phi) is 6.21. The molecule has 12 rings (SSSR count). The molecule has 2 bridgehead atoms. The van der Waals surface area contributed by atoms with Gasteiger partial charge in [0.25, 0.3) is 0 Å². The standard InChI is InChI=1S/C50H29NO2S/c1-2-15-32(16-3-1)51-41-26-25-31(35-22-12-14-30-13-4-5-17-34(30)35)27-40(41)36-18-8-10-23-43(36)52-33-28-42(51)48-44(29-33)53-49-47(48)38-20-7-6-19-37(38)46-39-21-9-11-24-45(39)54-50(46)49/h1-29H. The van der Waals surface area contributed by atoms with Crippen LogP contribution >= 0.6 is 11.3 Å². The molecule has 0 aliphatic carbocycles. The molecule has 11 aromatic rings. The summed E-state index contributed by atoms with van der Waals surface area (Å²) in [5, 5.41) is 9.54. The number of benzene rings is 9. The molecule has 0 atom stereocenters. The van der Waals surface area contributed by atoms with E-state index in [2.05, 4.69) is 175 Å². The van der Waals surface area contributed by atoms with E-state index in [1.54, 1.807) is 11.3 Å². The highest BCUT2D eigenvalue weighted by Crippen LogP contribution is 2.54. The maximum Gasteiger partial charge on any atom is 0.153 e. The van der Waals surface area contributed by atoms with E-state index in [4.69, 9.17) is 9.15 Å². The molecule has 9 aromatic carbocycles. The van der Waals surface area contributed by atoms with Crippen LogP contribution in [0.4, 0.5) is 17.1 Å². The molecular formula is C50H29NO2S. The lowest BCUT2D eigenvalue weighted by Gasteiger charge is -2.28. The van der Waals surface area contributed by atoms with Crippen molar-refractivity contribution >= 4 is 92.1 Å². The van der Waals surface area contributed by atoms with Gasteiger partial charge < -0.3 is 14.1 Å². The average molecular weight is 708 g/mol. The Balaban J connectivity index is 1.23. The van der Waals surface area contributed by atoms with Crippen LogP contribution in [0.5, 0.6) is 11.5 Å². The Labute approximate surface area is 314 Å². The molecule has 0 N–H and O–H groups in total. The summed E-state index contributed by atoms with van der Waals surface area (Å²) >= 11 is 1.80. The van der Waals surface area contributed by atoms with Crippen LogP contribution in [-0.4, -0.2) is 0 Å². The van der Waals surface area contributed by atoms with Gasteiger partial charge in [-0.05, 0) is 69.1 Å². The second-order valence-electron chi connectivity index (χ2n) is 14.0. The van der Waals surface area contributed by atoms with Crippen LogP contribution in [0.15, 0.2) is 180 Å². The van der Waals surface area contributed by atoms with Crippen LogP contribution < -0.4 is 9.64 Å². The van der Waals surface area contributed by atoms with E-state index in [1.807, 2.05) is 6.07 Å². The highest BCUT2D eigenvalue weighted by molar-refractivity contribution is 7.26. The zero-order valence-electron chi connectivity index (χ0n) is 28.9. The predicted octanol–water partition coefficient (Wildman–Crippen LogP) is 15.2. The van der Waals surface area contributed by atoms with Gasteiger partial charge in [0.15, 0.2) is 5.58 Å². The minimum absolute atomic E-state index is 0.726. The van der Waals surface area contributed by atoms with Gasteiger partial charge in [0.1, 0.15) is 17.1 Å². The maximum atomic E-state index is 7.08. The summed E-state index contributed by atoms with van der Waals surface area (Å²) in [6.45, 7) is 0. The molecule has 0 saturated carbocycles. The van der Waals surface area contributed by atoms with E-state index in [-0.39, 0.29) is 0 Å². The number of furan rings is 1. The van der Waals surface area contributed by atoms with E-state index in [9.17, 15) is 0 Å². The second-order valence-corrected chi connectivity index (χ2v) is 15.0. The van der Waals surface area contributed by atoms with Crippen molar-refractivity contribution in [3.8, 4) is 33.8 Å². The van der Waals surface area contributed by atoms with Crippen molar-refractivity contribution in [2.24, 2.45) is 0 Å².